The van der Waals surface area contributed by atoms with E-state index in [0.717, 1.165) is 22.1 Å². The van der Waals surface area contributed by atoms with Crippen LogP contribution < -0.4 is 5.32 Å². The van der Waals surface area contributed by atoms with Gasteiger partial charge in [-0.2, -0.15) is 0 Å². The van der Waals surface area contributed by atoms with Gasteiger partial charge in [-0.25, -0.2) is 0 Å². The highest BCUT2D eigenvalue weighted by Crippen LogP contribution is 2.26. The van der Waals surface area contributed by atoms with Crippen molar-refractivity contribution in [2.45, 2.75) is 19.4 Å². The molecule has 0 aromatic carbocycles. The summed E-state index contributed by atoms with van der Waals surface area (Å²) in [6.07, 6.45) is 1.00. The summed E-state index contributed by atoms with van der Waals surface area (Å²) in [4.78, 5) is 0. The summed E-state index contributed by atoms with van der Waals surface area (Å²) >= 11 is 2.89. The zero-order chi connectivity index (χ0) is 10.7. The molecule has 0 amide bonds. The maximum atomic E-state index is 4.16. The molecule has 1 unspecified atom stereocenters. The second-order valence-corrected chi connectivity index (χ2v) is 4.60. The molecule has 2 aromatic rings. The predicted molar refractivity (Wildman–Crippen MR) is 60.9 cm³/mol. The first kappa shape index (κ1) is 10.6. The largest absolute Gasteiger partial charge is 0.311 e. The van der Waals surface area contributed by atoms with Crippen molar-refractivity contribution in [1.82, 2.24) is 25.1 Å². The zero-order valence-electron chi connectivity index (χ0n) is 8.47. The molecule has 0 fully saturated rings. The molecule has 1 atom stereocenters. The molecule has 0 radical (unpaired) electrons. The summed E-state index contributed by atoms with van der Waals surface area (Å²) in [5.74, 6) is 0. The van der Waals surface area contributed by atoms with Gasteiger partial charge in [0.05, 0.1) is 6.04 Å². The fourth-order valence-corrected chi connectivity index (χ4v) is 2.75. The lowest BCUT2D eigenvalue weighted by Gasteiger charge is -2.07. The van der Waals surface area contributed by atoms with E-state index >= 15 is 0 Å². The minimum Gasteiger partial charge on any atom is -0.311 e. The molecule has 0 aliphatic carbocycles. The van der Waals surface area contributed by atoms with Crippen molar-refractivity contribution in [3.05, 3.63) is 10.4 Å². The van der Waals surface area contributed by atoms with E-state index in [2.05, 4.69) is 32.0 Å². The molecule has 7 heteroatoms. The van der Waals surface area contributed by atoms with Crippen LogP contribution in [0.5, 0.6) is 0 Å². The summed E-state index contributed by atoms with van der Waals surface area (Å²) in [5.41, 5.74) is 0.815. The Morgan fingerprint density at radius 1 is 1.40 bits per heavy atom. The van der Waals surface area contributed by atoms with Crippen LogP contribution in [-0.2, 0) is 0 Å². The molecule has 0 saturated heterocycles. The maximum absolute atomic E-state index is 4.16. The van der Waals surface area contributed by atoms with Gasteiger partial charge < -0.3 is 5.32 Å². The molecule has 0 saturated carbocycles. The Morgan fingerprint density at radius 2 is 2.27 bits per heavy atom. The van der Waals surface area contributed by atoms with Crippen molar-refractivity contribution >= 4 is 22.9 Å². The van der Waals surface area contributed by atoms with Crippen LogP contribution in [0.1, 0.15) is 24.4 Å². The highest BCUT2D eigenvalue weighted by atomic mass is 32.1. The zero-order valence-corrected chi connectivity index (χ0v) is 10.1. The van der Waals surface area contributed by atoms with Crippen LogP contribution in [0.4, 0.5) is 0 Å². The van der Waals surface area contributed by atoms with E-state index in [-0.39, 0.29) is 6.04 Å². The van der Waals surface area contributed by atoms with E-state index < -0.39 is 0 Å². The van der Waals surface area contributed by atoms with Gasteiger partial charge in [-0.15, -0.1) is 15.3 Å². The predicted octanol–water partition coefficient (Wildman–Crippen LogP) is 1.73. The minimum absolute atomic E-state index is 0.280. The summed E-state index contributed by atoms with van der Waals surface area (Å²) in [7, 11) is 1.93. The van der Waals surface area contributed by atoms with E-state index in [1.807, 2.05) is 12.4 Å². The SMILES string of the molecule is CCC(NC)c1nnc(-c2csnn2)s1. The third-order valence-electron chi connectivity index (χ3n) is 2.07. The third kappa shape index (κ3) is 2.19. The molecule has 80 valence electrons. The van der Waals surface area contributed by atoms with E-state index in [1.54, 1.807) is 11.3 Å². The second kappa shape index (κ2) is 4.73. The average Bonchev–Trinajstić information content (AvgIpc) is 2.89. The molecular formula is C8H11N5S2. The lowest BCUT2D eigenvalue weighted by Crippen LogP contribution is -2.14. The van der Waals surface area contributed by atoms with Gasteiger partial charge in [-0.1, -0.05) is 22.7 Å². The number of hydrogen-bond acceptors (Lipinski definition) is 7. The molecule has 2 rings (SSSR count). The van der Waals surface area contributed by atoms with Crippen molar-refractivity contribution in [1.29, 1.82) is 0 Å². The van der Waals surface area contributed by atoms with Crippen LogP contribution in [0.3, 0.4) is 0 Å². The van der Waals surface area contributed by atoms with Gasteiger partial charge in [-0.05, 0) is 25.0 Å². The fraction of sp³-hybridized carbons (Fsp3) is 0.500. The van der Waals surface area contributed by atoms with Crippen LogP contribution in [0.2, 0.25) is 0 Å². The van der Waals surface area contributed by atoms with Crippen molar-refractivity contribution < 1.29 is 0 Å². The minimum atomic E-state index is 0.280. The molecule has 2 heterocycles. The van der Waals surface area contributed by atoms with E-state index in [1.165, 1.54) is 11.5 Å². The molecule has 1 N–H and O–H groups in total. The van der Waals surface area contributed by atoms with Crippen molar-refractivity contribution in [2.75, 3.05) is 7.05 Å². The Kier molecular flexibility index (Phi) is 3.34. The number of hydrogen-bond donors (Lipinski definition) is 1. The Labute approximate surface area is 95.7 Å². The van der Waals surface area contributed by atoms with Gasteiger partial charge in [0.1, 0.15) is 10.7 Å². The smallest absolute Gasteiger partial charge is 0.169 e. The normalized spacial score (nSPS) is 12.9. The third-order valence-corrected chi connectivity index (χ3v) is 3.64. The topological polar surface area (TPSA) is 63.6 Å². The first-order chi connectivity index (χ1) is 7.35. The first-order valence-electron chi connectivity index (χ1n) is 4.63. The van der Waals surface area contributed by atoms with Crippen LogP contribution in [0, 0.1) is 0 Å². The molecule has 0 bridgehead atoms. The summed E-state index contributed by atoms with van der Waals surface area (Å²) < 4.78 is 3.81. The van der Waals surface area contributed by atoms with Crippen molar-refractivity contribution in [2.24, 2.45) is 0 Å². The highest BCUT2D eigenvalue weighted by Gasteiger charge is 2.14. The van der Waals surface area contributed by atoms with Crippen LogP contribution >= 0.6 is 22.9 Å². The van der Waals surface area contributed by atoms with Crippen LogP contribution in [0.25, 0.3) is 10.7 Å². The average molecular weight is 241 g/mol. The van der Waals surface area contributed by atoms with Gasteiger partial charge in [0, 0.05) is 5.38 Å². The van der Waals surface area contributed by atoms with E-state index in [0.29, 0.717) is 0 Å². The monoisotopic (exact) mass is 241 g/mol. The molecule has 0 spiro atoms. The molecule has 15 heavy (non-hydrogen) atoms. The van der Waals surface area contributed by atoms with Gasteiger partial charge >= 0.3 is 0 Å². The van der Waals surface area contributed by atoms with Gasteiger partial charge in [0.25, 0.3) is 0 Å². The van der Waals surface area contributed by atoms with E-state index in [9.17, 15) is 0 Å². The number of aromatic nitrogens is 4. The quantitative estimate of drug-likeness (QED) is 0.883. The summed E-state index contributed by atoms with van der Waals surface area (Å²) in [6, 6.07) is 0.280. The van der Waals surface area contributed by atoms with Crippen LogP contribution in [-0.4, -0.2) is 26.8 Å². The van der Waals surface area contributed by atoms with E-state index in [4.69, 9.17) is 0 Å². The Balaban J connectivity index is 2.24. The molecule has 5 nitrogen and oxygen atoms in total. The molecule has 0 aliphatic rings. The second-order valence-electron chi connectivity index (χ2n) is 2.99. The maximum Gasteiger partial charge on any atom is 0.169 e. The van der Waals surface area contributed by atoms with Gasteiger partial charge in [0.15, 0.2) is 5.01 Å². The lowest BCUT2D eigenvalue weighted by atomic mass is 10.2. The molecule has 2 aromatic heterocycles. The van der Waals surface area contributed by atoms with Gasteiger partial charge in [0.2, 0.25) is 0 Å². The Hall–Kier alpha value is -0.920. The Bertz CT molecular complexity index is 406. The lowest BCUT2D eigenvalue weighted by molar-refractivity contribution is 0.568. The number of rotatable bonds is 4. The Morgan fingerprint density at radius 3 is 2.87 bits per heavy atom. The summed E-state index contributed by atoms with van der Waals surface area (Å²) in [5, 5.41) is 19.2. The summed E-state index contributed by atoms with van der Waals surface area (Å²) in [6.45, 7) is 2.12. The van der Waals surface area contributed by atoms with Gasteiger partial charge in [-0.3, -0.25) is 0 Å². The highest BCUT2D eigenvalue weighted by molar-refractivity contribution is 7.15. The standard InChI is InChI=1S/C8H11N5S2/c1-3-5(9-2)7-11-12-8(15-7)6-4-14-13-10-6/h4-5,9H,3H2,1-2H3. The fourth-order valence-electron chi connectivity index (χ4n) is 1.24. The number of nitrogens with one attached hydrogen (secondary N) is 1. The van der Waals surface area contributed by atoms with Crippen molar-refractivity contribution in [3.8, 4) is 10.7 Å². The van der Waals surface area contributed by atoms with Crippen molar-refractivity contribution in [3.63, 3.8) is 0 Å². The molecule has 0 aliphatic heterocycles. The molecular weight excluding hydrogens is 230 g/mol. The van der Waals surface area contributed by atoms with Crippen LogP contribution in [0.15, 0.2) is 5.38 Å². The first-order valence-corrected chi connectivity index (χ1v) is 6.28. The number of nitrogens with zero attached hydrogens (tertiary/aromatic N) is 4.